The maximum absolute atomic E-state index is 13.4. The Morgan fingerprint density at radius 2 is 1.73 bits per heavy atom. The highest BCUT2D eigenvalue weighted by Gasteiger charge is 2.16. The number of carbonyl (C=O) groups is 2. The molecule has 3 aromatic carbocycles. The predicted molar refractivity (Wildman–Crippen MR) is 124 cm³/mol. The van der Waals surface area contributed by atoms with Gasteiger partial charge in [0.2, 0.25) is 0 Å². The molecule has 0 radical (unpaired) electrons. The lowest BCUT2D eigenvalue weighted by Crippen LogP contribution is -2.14. The zero-order valence-electron chi connectivity index (χ0n) is 17.4. The molecule has 0 spiro atoms. The number of furan rings is 1. The fourth-order valence-corrected chi connectivity index (χ4v) is 3.38. The van der Waals surface area contributed by atoms with Crippen LogP contribution in [-0.4, -0.2) is 18.9 Å². The molecule has 1 aromatic heterocycles. The van der Waals surface area contributed by atoms with Crippen LogP contribution in [0, 0.1) is 5.82 Å². The van der Waals surface area contributed by atoms with Gasteiger partial charge < -0.3 is 19.8 Å². The van der Waals surface area contributed by atoms with Crippen LogP contribution in [0.15, 0.2) is 83.3 Å². The fraction of sp³-hybridized carbons (Fsp3) is 0.0400. The van der Waals surface area contributed by atoms with Crippen molar-refractivity contribution in [1.82, 2.24) is 0 Å². The standard InChI is InChI=1S/C25H18ClFN2O4/c1-32-23-14-17(9-10-20(23)29-24(30)18-7-2-3-8-19(18)26)28-25(31)22-12-11-21(33-22)15-5-4-6-16(27)13-15/h2-14H,1H3,(H,28,31)(H,29,30). The molecule has 0 atom stereocenters. The topological polar surface area (TPSA) is 80.6 Å². The second kappa shape index (κ2) is 9.58. The summed E-state index contributed by atoms with van der Waals surface area (Å²) in [5, 5.41) is 5.78. The van der Waals surface area contributed by atoms with Crippen LogP contribution in [0.3, 0.4) is 0 Å². The van der Waals surface area contributed by atoms with E-state index in [0.29, 0.717) is 39.0 Å². The molecule has 8 heteroatoms. The third-order valence-electron chi connectivity index (χ3n) is 4.77. The van der Waals surface area contributed by atoms with E-state index in [4.69, 9.17) is 20.8 Å². The van der Waals surface area contributed by atoms with Crippen LogP contribution in [0.5, 0.6) is 5.75 Å². The van der Waals surface area contributed by atoms with E-state index in [2.05, 4.69) is 10.6 Å². The van der Waals surface area contributed by atoms with E-state index in [9.17, 15) is 14.0 Å². The summed E-state index contributed by atoms with van der Waals surface area (Å²) in [4.78, 5) is 25.1. The number of benzene rings is 3. The van der Waals surface area contributed by atoms with Crippen molar-refractivity contribution >= 4 is 34.8 Å². The number of nitrogens with one attached hydrogen (secondary N) is 2. The lowest BCUT2D eigenvalue weighted by Gasteiger charge is -2.13. The Hall–Kier alpha value is -4.10. The highest BCUT2D eigenvalue weighted by atomic mass is 35.5. The first kappa shape index (κ1) is 22.1. The number of amides is 2. The number of halogens is 2. The normalized spacial score (nSPS) is 10.5. The zero-order chi connectivity index (χ0) is 23.4. The molecule has 1 heterocycles. The van der Waals surface area contributed by atoms with Gasteiger partial charge in [-0.25, -0.2) is 4.39 Å². The molecule has 0 unspecified atom stereocenters. The molecule has 0 aliphatic heterocycles. The fourth-order valence-electron chi connectivity index (χ4n) is 3.16. The molecular formula is C25H18ClFN2O4. The van der Waals surface area contributed by atoms with Crippen molar-refractivity contribution in [2.24, 2.45) is 0 Å². The van der Waals surface area contributed by atoms with Gasteiger partial charge in [0.25, 0.3) is 11.8 Å². The highest BCUT2D eigenvalue weighted by molar-refractivity contribution is 6.34. The SMILES string of the molecule is COc1cc(NC(=O)c2ccc(-c3cccc(F)c3)o2)ccc1NC(=O)c1ccccc1Cl. The average Bonchev–Trinajstić information content (AvgIpc) is 3.31. The second-order valence-corrected chi connectivity index (χ2v) is 7.38. The van der Waals surface area contributed by atoms with Crippen LogP contribution in [0.1, 0.15) is 20.9 Å². The van der Waals surface area contributed by atoms with Crippen LogP contribution < -0.4 is 15.4 Å². The number of anilines is 2. The van der Waals surface area contributed by atoms with Crippen molar-refractivity contribution in [3.63, 3.8) is 0 Å². The van der Waals surface area contributed by atoms with Crippen molar-refractivity contribution < 1.29 is 23.1 Å². The quantitative estimate of drug-likeness (QED) is 0.353. The number of carbonyl (C=O) groups excluding carboxylic acids is 2. The number of hydrogen-bond acceptors (Lipinski definition) is 4. The van der Waals surface area contributed by atoms with Gasteiger partial charge in [-0.2, -0.15) is 0 Å². The Morgan fingerprint density at radius 3 is 2.48 bits per heavy atom. The molecule has 0 saturated carbocycles. The summed E-state index contributed by atoms with van der Waals surface area (Å²) in [6, 6.07) is 20.5. The molecule has 0 aliphatic rings. The average molecular weight is 465 g/mol. The van der Waals surface area contributed by atoms with Crippen molar-refractivity contribution in [2.75, 3.05) is 17.7 Å². The highest BCUT2D eigenvalue weighted by Crippen LogP contribution is 2.30. The minimum atomic E-state index is -0.493. The lowest BCUT2D eigenvalue weighted by atomic mass is 10.2. The molecule has 0 fully saturated rings. The molecule has 0 saturated heterocycles. The van der Waals surface area contributed by atoms with E-state index in [1.54, 1.807) is 60.7 Å². The summed E-state index contributed by atoms with van der Waals surface area (Å²) in [6.45, 7) is 0. The van der Waals surface area contributed by atoms with Crippen molar-refractivity contribution in [3.8, 4) is 17.1 Å². The maximum Gasteiger partial charge on any atom is 0.291 e. The van der Waals surface area contributed by atoms with Crippen LogP contribution in [0.25, 0.3) is 11.3 Å². The van der Waals surface area contributed by atoms with Gasteiger partial charge in [0.1, 0.15) is 17.3 Å². The first-order valence-corrected chi connectivity index (χ1v) is 10.2. The van der Waals surface area contributed by atoms with Gasteiger partial charge in [-0.3, -0.25) is 9.59 Å². The van der Waals surface area contributed by atoms with Crippen molar-refractivity contribution in [3.05, 3.63) is 101 Å². The van der Waals surface area contributed by atoms with Crippen molar-refractivity contribution in [2.45, 2.75) is 0 Å². The van der Waals surface area contributed by atoms with Gasteiger partial charge in [0.05, 0.1) is 23.4 Å². The van der Waals surface area contributed by atoms with E-state index in [1.165, 1.54) is 25.3 Å². The first-order valence-electron chi connectivity index (χ1n) is 9.85. The summed E-state index contributed by atoms with van der Waals surface area (Å²) in [7, 11) is 1.45. The molecule has 2 N–H and O–H groups in total. The molecule has 0 aliphatic carbocycles. The van der Waals surface area contributed by atoms with Crippen molar-refractivity contribution in [1.29, 1.82) is 0 Å². The number of ether oxygens (including phenoxy) is 1. The van der Waals surface area contributed by atoms with Gasteiger partial charge in [0.15, 0.2) is 5.76 Å². The minimum absolute atomic E-state index is 0.0596. The molecule has 0 bridgehead atoms. The molecular weight excluding hydrogens is 447 g/mol. The van der Waals surface area contributed by atoms with E-state index in [-0.39, 0.29) is 5.76 Å². The Bertz CT molecular complexity index is 1340. The summed E-state index contributed by atoms with van der Waals surface area (Å²) >= 11 is 6.08. The monoisotopic (exact) mass is 464 g/mol. The summed E-state index contributed by atoms with van der Waals surface area (Å²) in [5.41, 5.74) is 1.68. The van der Waals surface area contributed by atoms with Gasteiger partial charge >= 0.3 is 0 Å². The van der Waals surface area contributed by atoms with Gasteiger partial charge in [0, 0.05) is 17.3 Å². The molecule has 4 rings (SSSR count). The Morgan fingerprint density at radius 1 is 0.909 bits per heavy atom. The van der Waals surface area contributed by atoms with Gasteiger partial charge in [-0.15, -0.1) is 0 Å². The number of rotatable bonds is 6. The van der Waals surface area contributed by atoms with Crippen LogP contribution in [0.2, 0.25) is 5.02 Å². The van der Waals surface area contributed by atoms with E-state index >= 15 is 0 Å². The zero-order valence-corrected chi connectivity index (χ0v) is 18.2. The second-order valence-electron chi connectivity index (χ2n) is 6.98. The summed E-state index contributed by atoms with van der Waals surface area (Å²) < 4.78 is 24.4. The van der Waals surface area contributed by atoms with E-state index in [0.717, 1.165) is 0 Å². The van der Waals surface area contributed by atoms with Gasteiger partial charge in [-0.1, -0.05) is 35.9 Å². The molecule has 2 amide bonds. The van der Waals surface area contributed by atoms with Crippen LogP contribution in [0.4, 0.5) is 15.8 Å². The Balaban J connectivity index is 1.48. The Labute approximate surface area is 193 Å². The summed E-state index contributed by atoms with van der Waals surface area (Å²) in [6.07, 6.45) is 0. The molecule has 6 nitrogen and oxygen atoms in total. The Kier molecular flexibility index (Phi) is 6.42. The number of hydrogen-bond donors (Lipinski definition) is 2. The van der Waals surface area contributed by atoms with Gasteiger partial charge in [-0.05, 0) is 48.5 Å². The molecule has 4 aromatic rings. The maximum atomic E-state index is 13.4. The first-order chi connectivity index (χ1) is 15.9. The third kappa shape index (κ3) is 5.05. The predicted octanol–water partition coefficient (Wildman–Crippen LogP) is 6.25. The molecule has 33 heavy (non-hydrogen) atoms. The number of methoxy groups -OCH3 is 1. The summed E-state index contributed by atoms with van der Waals surface area (Å²) in [5.74, 6) is -0.514. The van der Waals surface area contributed by atoms with Crippen LogP contribution >= 0.6 is 11.6 Å². The minimum Gasteiger partial charge on any atom is -0.494 e. The third-order valence-corrected chi connectivity index (χ3v) is 5.09. The largest absolute Gasteiger partial charge is 0.494 e. The molecule has 166 valence electrons. The smallest absolute Gasteiger partial charge is 0.291 e. The lowest BCUT2D eigenvalue weighted by molar-refractivity contribution is 0.0995. The van der Waals surface area contributed by atoms with E-state index < -0.39 is 17.6 Å². The van der Waals surface area contributed by atoms with E-state index in [1.807, 2.05) is 0 Å². The van der Waals surface area contributed by atoms with Crippen LogP contribution in [-0.2, 0) is 0 Å².